The first-order chi connectivity index (χ1) is 7.13. The summed E-state index contributed by atoms with van der Waals surface area (Å²) < 4.78 is 1.93. The summed E-state index contributed by atoms with van der Waals surface area (Å²) in [7, 11) is 0. The molecule has 0 fully saturated rings. The van der Waals surface area contributed by atoms with Crippen LogP contribution in [0.5, 0.6) is 0 Å². The van der Waals surface area contributed by atoms with Crippen molar-refractivity contribution in [3.63, 3.8) is 0 Å². The van der Waals surface area contributed by atoms with Gasteiger partial charge in [0.25, 0.3) is 0 Å². The second kappa shape index (κ2) is 5.91. The highest BCUT2D eigenvalue weighted by molar-refractivity contribution is 5.01. The summed E-state index contributed by atoms with van der Waals surface area (Å²) in [5.74, 6) is 0. The van der Waals surface area contributed by atoms with Gasteiger partial charge in [-0.3, -0.25) is 4.68 Å². The van der Waals surface area contributed by atoms with Gasteiger partial charge in [0, 0.05) is 18.7 Å². The van der Waals surface area contributed by atoms with Gasteiger partial charge in [0.2, 0.25) is 0 Å². The lowest BCUT2D eigenvalue weighted by atomic mass is 10.1. The Bertz CT molecular complexity index is 281. The van der Waals surface area contributed by atoms with Crippen LogP contribution in [0.2, 0.25) is 0 Å². The third-order valence-corrected chi connectivity index (χ3v) is 2.53. The van der Waals surface area contributed by atoms with Gasteiger partial charge in [0.15, 0.2) is 0 Å². The van der Waals surface area contributed by atoms with Gasteiger partial charge in [-0.15, -0.1) is 0 Å². The number of nitrogens with zero attached hydrogens (tertiary/aromatic N) is 2. The van der Waals surface area contributed by atoms with Crippen LogP contribution in [0.15, 0.2) is 12.3 Å². The largest absolute Gasteiger partial charge is 0.393 e. The SMILES string of the molecule is CCCCC(O)Cc1ccn(C(C)C)n1. The lowest BCUT2D eigenvalue weighted by molar-refractivity contribution is 0.160. The molecule has 1 aromatic rings. The first-order valence-electron chi connectivity index (χ1n) is 5.85. The first-order valence-corrected chi connectivity index (χ1v) is 5.85. The molecule has 1 unspecified atom stereocenters. The quantitative estimate of drug-likeness (QED) is 0.783. The molecule has 0 radical (unpaired) electrons. The fraction of sp³-hybridized carbons (Fsp3) is 0.750. The van der Waals surface area contributed by atoms with Crippen molar-refractivity contribution in [2.24, 2.45) is 0 Å². The van der Waals surface area contributed by atoms with Crippen LogP contribution in [0.3, 0.4) is 0 Å². The molecule has 0 spiro atoms. The molecular weight excluding hydrogens is 188 g/mol. The normalized spacial score (nSPS) is 13.4. The van der Waals surface area contributed by atoms with Crippen molar-refractivity contribution in [3.8, 4) is 0 Å². The van der Waals surface area contributed by atoms with Gasteiger partial charge >= 0.3 is 0 Å². The van der Waals surface area contributed by atoms with Crippen molar-refractivity contribution in [1.29, 1.82) is 0 Å². The van der Waals surface area contributed by atoms with E-state index in [9.17, 15) is 5.11 Å². The predicted octanol–water partition coefficient (Wildman–Crippen LogP) is 2.56. The topological polar surface area (TPSA) is 38.0 Å². The smallest absolute Gasteiger partial charge is 0.0650 e. The molecule has 1 N–H and O–H groups in total. The van der Waals surface area contributed by atoms with Crippen LogP contribution in [0.25, 0.3) is 0 Å². The van der Waals surface area contributed by atoms with E-state index in [2.05, 4.69) is 25.9 Å². The molecule has 1 rings (SSSR count). The monoisotopic (exact) mass is 210 g/mol. The zero-order valence-corrected chi connectivity index (χ0v) is 9.98. The second-order valence-electron chi connectivity index (χ2n) is 4.38. The van der Waals surface area contributed by atoms with Gasteiger partial charge < -0.3 is 5.11 Å². The standard InChI is InChI=1S/C12H22N2O/c1-4-5-6-12(15)9-11-7-8-14(13-11)10(2)3/h7-8,10,12,15H,4-6,9H2,1-3H3. The number of hydrogen-bond donors (Lipinski definition) is 1. The maximum atomic E-state index is 9.73. The summed E-state index contributed by atoms with van der Waals surface area (Å²) in [5.41, 5.74) is 0.993. The van der Waals surface area contributed by atoms with E-state index in [1.807, 2.05) is 16.9 Å². The molecule has 0 bridgehead atoms. The van der Waals surface area contributed by atoms with E-state index in [-0.39, 0.29) is 6.10 Å². The zero-order valence-electron chi connectivity index (χ0n) is 9.98. The minimum Gasteiger partial charge on any atom is -0.393 e. The first kappa shape index (κ1) is 12.2. The van der Waals surface area contributed by atoms with E-state index >= 15 is 0 Å². The lowest BCUT2D eigenvalue weighted by Gasteiger charge is -2.08. The minimum atomic E-state index is -0.236. The number of unbranched alkanes of at least 4 members (excludes halogenated alkanes) is 1. The van der Waals surface area contributed by atoms with Crippen LogP contribution in [-0.4, -0.2) is 21.0 Å². The molecule has 0 aliphatic carbocycles. The third-order valence-electron chi connectivity index (χ3n) is 2.53. The average molecular weight is 210 g/mol. The molecule has 15 heavy (non-hydrogen) atoms. The van der Waals surface area contributed by atoms with E-state index in [1.165, 1.54) is 0 Å². The molecule has 3 heteroatoms. The van der Waals surface area contributed by atoms with E-state index in [4.69, 9.17) is 0 Å². The molecule has 0 saturated heterocycles. The third kappa shape index (κ3) is 4.04. The number of hydrogen-bond acceptors (Lipinski definition) is 2. The lowest BCUT2D eigenvalue weighted by Crippen LogP contribution is -2.11. The average Bonchev–Trinajstić information content (AvgIpc) is 2.63. The van der Waals surface area contributed by atoms with Crippen LogP contribution >= 0.6 is 0 Å². The Morgan fingerprint density at radius 2 is 2.20 bits per heavy atom. The molecule has 1 heterocycles. The molecular formula is C12H22N2O. The van der Waals surface area contributed by atoms with Gasteiger partial charge in [-0.2, -0.15) is 5.10 Å². The molecule has 0 aliphatic heterocycles. The number of aromatic nitrogens is 2. The second-order valence-corrected chi connectivity index (χ2v) is 4.38. The van der Waals surface area contributed by atoms with E-state index < -0.39 is 0 Å². The van der Waals surface area contributed by atoms with E-state index in [1.54, 1.807) is 0 Å². The Labute approximate surface area is 92.1 Å². The van der Waals surface area contributed by atoms with Crippen molar-refractivity contribution in [2.75, 3.05) is 0 Å². The predicted molar refractivity (Wildman–Crippen MR) is 61.8 cm³/mol. The van der Waals surface area contributed by atoms with Crippen molar-refractivity contribution in [3.05, 3.63) is 18.0 Å². The van der Waals surface area contributed by atoms with Crippen LogP contribution < -0.4 is 0 Å². The number of rotatable bonds is 6. The van der Waals surface area contributed by atoms with Gasteiger partial charge in [-0.05, 0) is 26.3 Å². The highest BCUT2D eigenvalue weighted by Crippen LogP contribution is 2.09. The fourth-order valence-corrected chi connectivity index (χ4v) is 1.56. The maximum Gasteiger partial charge on any atom is 0.0650 e. The summed E-state index contributed by atoms with van der Waals surface area (Å²) in [6, 6.07) is 2.39. The molecule has 86 valence electrons. The summed E-state index contributed by atoms with van der Waals surface area (Å²) in [5, 5.41) is 14.1. The summed E-state index contributed by atoms with van der Waals surface area (Å²) in [6.45, 7) is 6.34. The molecule has 1 atom stereocenters. The van der Waals surface area contributed by atoms with Crippen molar-refractivity contribution in [2.45, 2.75) is 58.6 Å². The van der Waals surface area contributed by atoms with Gasteiger partial charge in [0.05, 0.1) is 11.8 Å². The van der Waals surface area contributed by atoms with Crippen molar-refractivity contribution >= 4 is 0 Å². The van der Waals surface area contributed by atoms with Crippen molar-refractivity contribution in [1.82, 2.24) is 9.78 Å². The maximum absolute atomic E-state index is 9.73. The van der Waals surface area contributed by atoms with Gasteiger partial charge in [-0.1, -0.05) is 19.8 Å². The van der Waals surface area contributed by atoms with Gasteiger partial charge in [0.1, 0.15) is 0 Å². The molecule has 1 aromatic heterocycles. The summed E-state index contributed by atoms with van der Waals surface area (Å²) in [6.07, 6.45) is 5.53. The Morgan fingerprint density at radius 3 is 2.73 bits per heavy atom. The number of aliphatic hydroxyl groups excluding tert-OH is 1. The Balaban J connectivity index is 2.42. The highest BCUT2D eigenvalue weighted by atomic mass is 16.3. The summed E-state index contributed by atoms with van der Waals surface area (Å²) >= 11 is 0. The van der Waals surface area contributed by atoms with Crippen LogP contribution in [0.1, 0.15) is 51.8 Å². The number of aliphatic hydroxyl groups is 1. The Morgan fingerprint density at radius 1 is 1.47 bits per heavy atom. The minimum absolute atomic E-state index is 0.236. The van der Waals surface area contributed by atoms with E-state index in [0.717, 1.165) is 25.0 Å². The van der Waals surface area contributed by atoms with Crippen molar-refractivity contribution < 1.29 is 5.11 Å². The highest BCUT2D eigenvalue weighted by Gasteiger charge is 2.08. The van der Waals surface area contributed by atoms with Gasteiger partial charge in [-0.25, -0.2) is 0 Å². The molecule has 0 amide bonds. The fourth-order valence-electron chi connectivity index (χ4n) is 1.56. The zero-order chi connectivity index (χ0) is 11.3. The summed E-state index contributed by atoms with van der Waals surface area (Å²) in [4.78, 5) is 0. The van der Waals surface area contributed by atoms with Crippen LogP contribution in [-0.2, 0) is 6.42 Å². The molecule has 0 aliphatic rings. The van der Waals surface area contributed by atoms with E-state index in [0.29, 0.717) is 12.5 Å². The van der Waals surface area contributed by atoms with Crippen LogP contribution in [0.4, 0.5) is 0 Å². The Hall–Kier alpha value is -0.830. The molecule has 3 nitrogen and oxygen atoms in total. The molecule has 0 saturated carbocycles. The van der Waals surface area contributed by atoms with Crippen LogP contribution in [0, 0.1) is 0 Å². The Kier molecular flexibility index (Phi) is 4.82. The molecule has 0 aromatic carbocycles.